The van der Waals surface area contributed by atoms with E-state index in [1.54, 1.807) is 25.3 Å². The number of nitrogens with one attached hydrogen (secondary N) is 2. The summed E-state index contributed by atoms with van der Waals surface area (Å²) in [6.45, 7) is 0.966. The maximum absolute atomic E-state index is 11.4. The molecule has 0 radical (unpaired) electrons. The molecular weight excluding hydrogens is 254 g/mol. The summed E-state index contributed by atoms with van der Waals surface area (Å²) in [6, 6.07) is 7.00. The lowest BCUT2D eigenvalue weighted by atomic mass is 10.2. The fourth-order valence-electron chi connectivity index (χ4n) is 1.32. The Morgan fingerprint density at radius 3 is 3.00 bits per heavy atom. The third-order valence-electron chi connectivity index (χ3n) is 2.19. The quantitative estimate of drug-likeness (QED) is 0.764. The van der Waals surface area contributed by atoms with E-state index < -0.39 is 0 Å². The largest absolute Gasteiger partial charge is 0.383 e. The number of anilines is 1. The molecule has 0 saturated heterocycles. The maximum Gasteiger partial charge on any atom is 0.239 e. The summed E-state index contributed by atoms with van der Waals surface area (Å²) >= 11 is 5.95. The van der Waals surface area contributed by atoms with Crippen molar-refractivity contribution in [2.45, 2.75) is 0 Å². The van der Waals surface area contributed by atoms with Crippen LogP contribution in [0.2, 0.25) is 5.02 Å². The fourth-order valence-corrected chi connectivity index (χ4v) is 1.56. The van der Waals surface area contributed by atoms with Crippen LogP contribution in [0.5, 0.6) is 0 Å². The molecule has 96 valence electrons. The highest BCUT2D eigenvalue weighted by Crippen LogP contribution is 2.24. The molecule has 0 heterocycles. The van der Waals surface area contributed by atoms with Crippen LogP contribution in [0.4, 0.5) is 5.69 Å². The first kappa shape index (κ1) is 14.3. The first-order chi connectivity index (χ1) is 8.69. The van der Waals surface area contributed by atoms with E-state index in [4.69, 9.17) is 21.6 Å². The van der Waals surface area contributed by atoms with Gasteiger partial charge in [-0.05, 0) is 12.1 Å². The Morgan fingerprint density at radius 2 is 2.33 bits per heavy atom. The van der Waals surface area contributed by atoms with E-state index in [2.05, 4.69) is 10.6 Å². The third kappa shape index (κ3) is 4.24. The number of methoxy groups -OCH3 is 1. The normalized spacial score (nSPS) is 9.61. The van der Waals surface area contributed by atoms with E-state index in [1.807, 2.05) is 6.07 Å². The zero-order chi connectivity index (χ0) is 13.4. The van der Waals surface area contributed by atoms with Crippen molar-refractivity contribution in [2.75, 3.05) is 32.1 Å². The van der Waals surface area contributed by atoms with Gasteiger partial charge < -0.3 is 15.4 Å². The highest BCUT2D eigenvalue weighted by Gasteiger charge is 2.07. The van der Waals surface area contributed by atoms with Gasteiger partial charge in [0.1, 0.15) is 6.07 Å². The van der Waals surface area contributed by atoms with Crippen molar-refractivity contribution in [2.24, 2.45) is 0 Å². The predicted octanol–water partition coefficient (Wildman–Crippen LogP) is 1.39. The van der Waals surface area contributed by atoms with Crippen molar-refractivity contribution in [3.05, 3.63) is 28.8 Å². The summed E-state index contributed by atoms with van der Waals surface area (Å²) in [5, 5.41) is 14.8. The standard InChI is InChI=1S/C12H14ClN3O2/c1-18-6-5-15-11(17)8-16-12-9(7-14)3-2-4-10(12)13/h2-4,16H,5-6,8H2,1H3,(H,15,17). The Morgan fingerprint density at radius 1 is 1.56 bits per heavy atom. The second-order valence-electron chi connectivity index (χ2n) is 3.47. The van der Waals surface area contributed by atoms with Crippen LogP contribution in [0.1, 0.15) is 5.56 Å². The van der Waals surface area contributed by atoms with Crippen LogP contribution >= 0.6 is 11.6 Å². The Labute approximate surface area is 111 Å². The number of para-hydroxylation sites is 1. The minimum Gasteiger partial charge on any atom is -0.383 e. The van der Waals surface area contributed by atoms with Crippen LogP contribution in [0.15, 0.2) is 18.2 Å². The number of carbonyl (C=O) groups is 1. The van der Waals surface area contributed by atoms with Crippen molar-refractivity contribution in [1.29, 1.82) is 5.26 Å². The molecule has 0 aromatic heterocycles. The Hall–Kier alpha value is -1.77. The van der Waals surface area contributed by atoms with Gasteiger partial charge in [-0.25, -0.2) is 0 Å². The van der Waals surface area contributed by atoms with Crippen molar-refractivity contribution in [3.63, 3.8) is 0 Å². The van der Waals surface area contributed by atoms with E-state index in [1.165, 1.54) is 0 Å². The lowest BCUT2D eigenvalue weighted by Gasteiger charge is -2.10. The van der Waals surface area contributed by atoms with E-state index in [9.17, 15) is 4.79 Å². The summed E-state index contributed by atoms with van der Waals surface area (Å²) in [7, 11) is 1.56. The van der Waals surface area contributed by atoms with Gasteiger partial charge in [0.05, 0.1) is 29.4 Å². The Kier molecular flexibility index (Phi) is 5.98. The number of amides is 1. The molecule has 0 bridgehead atoms. The summed E-state index contributed by atoms with van der Waals surface area (Å²) in [5.41, 5.74) is 0.885. The number of hydrogen-bond acceptors (Lipinski definition) is 4. The molecular formula is C12H14ClN3O2. The number of nitriles is 1. The number of rotatable bonds is 6. The average Bonchev–Trinajstić information content (AvgIpc) is 2.37. The topological polar surface area (TPSA) is 74.2 Å². The molecule has 2 N–H and O–H groups in total. The van der Waals surface area contributed by atoms with Gasteiger partial charge in [0.2, 0.25) is 5.91 Å². The monoisotopic (exact) mass is 267 g/mol. The smallest absolute Gasteiger partial charge is 0.239 e. The molecule has 6 heteroatoms. The van der Waals surface area contributed by atoms with Gasteiger partial charge in [-0.3, -0.25) is 4.79 Å². The number of ether oxygens (including phenoxy) is 1. The van der Waals surface area contributed by atoms with Gasteiger partial charge in [-0.1, -0.05) is 17.7 Å². The Bertz CT molecular complexity index is 457. The number of benzene rings is 1. The number of halogens is 1. The van der Waals surface area contributed by atoms with Crippen molar-refractivity contribution >= 4 is 23.2 Å². The van der Waals surface area contributed by atoms with Crippen molar-refractivity contribution < 1.29 is 9.53 Å². The van der Waals surface area contributed by atoms with Crippen LogP contribution in [-0.2, 0) is 9.53 Å². The van der Waals surface area contributed by atoms with Crippen molar-refractivity contribution in [3.8, 4) is 6.07 Å². The fraction of sp³-hybridized carbons (Fsp3) is 0.333. The second kappa shape index (κ2) is 7.54. The highest BCUT2D eigenvalue weighted by atomic mass is 35.5. The highest BCUT2D eigenvalue weighted by molar-refractivity contribution is 6.33. The molecule has 1 aromatic rings. The molecule has 0 spiro atoms. The maximum atomic E-state index is 11.4. The minimum absolute atomic E-state index is 0.0577. The van der Waals surface area contributed by atoms with Gasteiger partial charge in [0.25, 0.3) is 0 Å². The zero-order valence-corrected chi connectivity index (χ0v) is 10.8. The van der Waals surface area contributed by atoms with Gasteiger partial charge >= 0.3 is 0 Å². The molecule has 0 atom stereocenters. The van der Waals surface area contributed by atoms with Crippen LogP contribution in [0.3, 0.4) is 0 Å². The predicted molar refractivity (Wildman–Crippen MR) is 69.5 cm³/mol. The summed E-state index contributed by atoms with van der Waals surface area (Å²) in [5.74, 6) is -0.184. The molecule has 1 amide bonds. The zero-order valence-electron chi connectivity index (χ0n) is 10.00. The molecule has 0 aliphatic carbocycles. The summed E-state index contributed by atoms with van der Waals surface area (Å²) in [4.78, 5) is 11.4. The van der Waals surface area contributed by atoms with Crippen molar-refractivity contribution in [1.82, 2.24) is 5.32 Å². The minimum atomic E-state index is -0.184. The van der Waals surface area contributed by atoms with Gasteiger partial charge in [0.15, 0.2) is 0 Å². The molecule has 0 aliphatic heterocycles. The van der Waals surface area contributed by atoms with Crippen LogP contribution in [-0.4, -0.2) is 32.7 Å². The lowest BCUT2D eigenvalue weighted by Crippen LogP contribution is -2.32. The molecule has 1 aromatic carbocycles. The summed E-state index contributed by atoms with van der Waals surface area (Å²) in [6.07, 6.45) is 0. The number of hydrogen-bond donors (Lipinski definition) is 2. The molecule has 0 fully saturated rings. The van der Waals surface area contributed by atoms with Gasteiger partial charge in [-0.15, -0.1) is 0 Å². The van der Waals surface area contributed by atoms with Crippen LogP contribution in [0, 0.1) is 11.3 Å². The van der Waals surface area contributed by atoms with Gasteiger partial charge in [0, 0.05) is 13.7 Å². The molecule has 1 rings (SSSR count). The van der Waals surface area contributed by atoms with E-state index in [0.717, 1.165) is 0 Å². The summed E-state index contributed by atoms with van der Waals surface area (Å²) < 4.78 is 4.81. The molecule has 0 unspecified atom stereocenters. The molecule has 5 nitrogen and oxygen atoms in total. The van der Waals surface area contributed by atoms with Crippen LogP contribution in [0.25, 0.3) is 0 Å². The van der Waals surface area contributed by atoms with Gasteiger partial charge in [-0.2, -0.15) is 5.26 Å². The second-order valence-corrected chi connectivity index (χ2v) is 3.88. The molecule has 0 aliphatic rings. The number of nitrogens with zero attached hydrogens (tertiary/aromatic N) is 1. The average molecular weight is 268 g/mol. The lowest BCUT2D eigenvalue weighted by molar-refractivity contribution is -0.119. The third-order valence-corrected chi connectivity index (χ3v) is 2.50. The van der Waals surface area contributed by atoms with E-state index in [0.29, 0.717) is 29.4 Å². The first-order valence-corrected chi connectivity index (χ1v) is 5.75. The SMILES string of the molecule is COCCNC(=O)CNc1c(Cl)cccc1C#N. The first-order valence-electron chi connectivity index (χ1n) is 5.37. The van der Waals surface area contributed by atoms with E-state index >= 15 is 0 Å². The van der Waals surface area contributed by atoms with Crippen LogP contribution < -0.4 is 10.6 Å². The van der Waals surface area contributed by atoms with E-state index in [-0.39, 0.29) is 12.5 Å². The number of carbonyl (C=O) groups excluding carboxylic acids is 1. The Balaban J connectivity index is 2.53. The molecule has 18 heavy (non-hydrogen) atoms. The molecule has 0 saturated carbocycles.